The molecule has 0 saturated carbocycles. The van der Waals surface area contributed by atoms with Crippen LogP contribution in [0.2, 0.25) is 5.02 Å². The molecule has 34 heavy (non-hydrogen) atoms. The second-order valence-corrected chi connectivity index (χ2v) is 9.10. The van der Waals surface area contributed by atoms with Crippen LogP contribution in [0.3, 0.4) is 0 Å². The Labute approximate surface area is 205 Å². The molecule has 8 heteroatoms. The number of benzene rings is 2. The second kappa shape index (κ2) is 11.9. The third-order valence-electron chi connectivity index (χ3n) is 5.57. The summed E-state index contributed by atoms with van der Waals surface area (Å²) in [7, 11) is 1.55. The maximum Gasteiger partial charge on any atom is 0.248 e. The Morgan fingerprint density at radius 3 is 2.65 bits per heavy atom. The third kappa shape index (κ3) is 7.23. The average molecular weight is 486 g/mol. The van der Waals surface area contributed by atoms with E-state index in [0.29, 0.717) is 28.8 Å². The fourth-order valence-electron chi connectivity index (χ4n) is 3.92. The van der Waals surface area contributed by atoms with Gasteiger partial charge in [-0.05, 0) is 74.7 Å². The van der Waals surface area contributed by atoms with Crippen molar-refractivity contribution in [1.82, 2.24) is 4.90 Å². The molecule has 1 saturated heterocycles. The monoisotopic (exact) mass is 485 g/mol. The highest BCUT2D eigenvalue weighted by molar-refractivity contribution is 6.32. The normalized spacial score (nSPS) is 16.6. The van der Waals surface area contributed by atoms with E-state index in [0.717, 1.165) is 37.1 Å². The van der Waals surface area contributed by atoms with Crippen LogP contribution in [0.25, 0.3) is 6.08 Å². The number of ether oxygens (including phenoxy) is 2. The highest BCUT2D eigenvalue weighted by Gasteiger charge is 2.23. The molecule has 3 N–H and O–H groups in total. The number of rotatable bonds is 9. The van der Waals surface area contributed by atoms with Gasteiger partial charge in [0.2, 0.25) is 11.8 Å². The lowest BCUT2D eigenvalue weighted by Gasteiger charge is -2.31. The van der Waals surface area contributed by atoms with E-state index in [-0.39, 0.29) is 23.8 Å². The van der Waals surface area contributed by atoms with Gasteiger partial charge in [-0.3, -0.25) is 14.5 Å². The fraction of sp³-hybridized carbons (Fsp3) is 0.385. The van der Waals surface area contributed by atoms with Gasteiger partial charge in [-0.25, -0.2) is 0 Å². The zero-order chi connectivity index (χ0) is 24.7. The number of carbonyl (C=O) groups is 2. The summed E-state index contributed by atoms with van der Waals surface area (Å²) in [5.74, 6) is 0.429. The van der Waals surface area contributed by atoms with Gasteiger partial charge in [0, 0.05) is 24.9 Å². The van der Waals surface area contributed by atoms with Gasteiger partial charge in [-0.15, -0.1) is 0 Å². The van der Waals surface area contributed by atoms with Crippen LogP contribution in [0.4, 0.5) is 5.69 Å². The molecular formula is C26H32ClN3O4. The second-order valence-electron chi connectivity index (χ2n) is 8.70. The van der Waals surface area contributed by atoms with Crippen molar-refractivity contribution in [2.75, 3.05) is 25.5 Å². The molecule has 0 bridgehead atoms. The number of methoxy groups -OCH3 is 1. The number of nitrogens with two attached hydrogens (primary N) is 1. The standard InChI is InChI=1S/C26H32ClN3O4/c1-17(2)34-25-22(27)13-19(14-23(25)33-3)8-11-24(31)29-21-9-6-18(7-10-21)15-30-12-4-5-20(16-30)26(28)32/h6-11,13-14,17,20H,4-5,12,15-16H2,1-3H3,(H2,28,32)(H,29,31)/b11-8+. The smallest absolute Gasteiger partial charge is 0.248 e. The van der Waals surface area contributed by atoms with Crippen LogP contribution in [0, 0.1) is 5.92 Å². The number of carbonyl (C=O) groups excluding carboxylic acids is 2. The van der Waals surface area contributed by atoms with E-state index in [1.165, 1.54) is 6.08 Å². The molecule has 0 aliphatic carbocycles. The number of hydrogen-bond acceptors (Lipinski definition) is 5. The summed E-state index contributed by atoms with van der Waals surface area (Å²) < 4.78 is 11.1. The fourth-order valence-corrected chi connectivity index (χ4v) is 4.19. The van der Waals surface area contributed by atoms with Gasteiger partial charge < -0.3 is 20.5 Å². The van der Waals surface area contributed by atoms with Crippen LogP contribution in [0.1, 0.15) is 37.8 Å². The molecule has 7 nitrogen and oxygen atoms in total. The van der Waals surface area contributed by atoms with Crippen LogP contribution in [-0.4, -0.2) is 43.0 Å². The van der Waals surface area contributed by atoms with Gasteiger partial charge in [0.15, 0.2) is 11.5 Å². The van der Waals surface area contributed by atoms with E-state index < -0.39 is 0 Å². The zero-order valence-corrected chi connectivity index (χ0v) is 20.6. The number of halogens is 1. The van der Waals surface area contributed by atoms with Gasteiger partial charge in [0.1, 0.15) is 0 Å². The molecule has 1 fully saturated rings. The molecule has 1 atom stereocenters. The number of likely N-dealkylation sites (tertiary alicyclic amines) is 1. The first kappa shape index (κ1) is 25.6. The van der Waals surface area contributed by atoms with Crippen molar-refractivity contribution < 1.29 is 19.1 Å². The molecule has 1 heterocycles. The van der Waals surface area contributed by atoms with Crippen molar-refractivity contribution in [3.63, 3.8) is 0 Å². The van der Waals surface area contributed by atoms with Crippen molar-refractivity contribution >= 4 is 35.2 Å². The van der Waals surface area contributed by atoms with E-state index in [2.05, 4.69) is 10.2 Å². The van der Waals surface area contributed by atoms with Crippen molar-refractivity contribution in [1.29, 1.82) is 0 Å². The number of nitrogens with zero attached hydrogens (tertiary/aromatic N) is 1. The van der Waals surface area contributed by atoms with Crippen LogP contribution in [0.15, 0.2) is 42.5 Å². The van der Waals surface area contributed by atoms with Crippen molar-refractivity contribution in [2.24, 2.45) is 11.7 Å². The summed E-state index contributed by atoms with van der Waals surface area (Å²) in [5, 5.41) is 3.27. The molecular weight excluding hydrogens is 454 g/mol. The Morgan fingerprint density at radius 1 is 1.26 bits per heavy atom. The maximum atomic E-state index is 12.4. The molecule has 0 radical (unpaired) electrons. The molecule has 1 aliphatic heterocycles. The minimum Gasteiger partial charge on any atom is -0.493 e. The van der Waals surface area contributed by atoms with Crippen LogP contribution in [0.5, 0.6) is 11.5 Å². The van der Waals surface area contributed by atoms with E-state index in [4.69, 9.17) is 26.8 Å². The number of primary amides is 1. The highest BCUT2D eigenvalue weighted by atomic mass is 35.5. The lowest BCUT2D eigenvalue weighted by Crippen LogP contribution is -2.40. The molecule has 2 aromatic rings. The zero-order valence-electron chi connectivity index (χ0n) is 19.8. The van der Waals surface area contributed by atoms with Crippen molar-refractivity contribution in [3.05, 3.63) is 58.6 Å². The predicted octanol–water partition coefficient (Wildman–Crippen LogP) is 4.49. The summed E-state index contributed by atoms with van der Waals surface area (Å²) in [5.41, 5.74) is 8.00. The van der Waals surface area contributed by atoms with E-state index in [9.17, 15) is 9.59 Å². The van der Waals surface area contributed by atoms with Gasteiger partial charge >= 0.3 is 0 Å². The molecule has 0 spiro atoms. The number of hydrogen-bond donors (Lipinski definition) is 2. The van der Waals surface area contributed by atoms with Crippen LogP contribution in [-0.2, 0) is 16.1 Å². The first-order chi connectivity index (χ1) is 16.2. The lowest BCUT2D eigenvalue weighted by molar-refractivity contribution is -0.123. The molecule has 1 aliphatic rings. The van der Waals surface area contributed by atoms with Gasteiger partial charge in [-0.1, -0.05) is 23.7 Å². The highest BCUT2D eigenvalue weighted by Crippen LogP contribution is 2.37. The first-order valence-electron chi connectivity index (χ1n) is 11.4. The quantitative estimate of drug-likeness (QED) is 0.510. The Hall–Kier alpha value is -3.03. The summed E-state index contributed by atoms with van der Waals surface area (Å²) >= 11 is 6.34. The van der Waals surface area contributed by atoms with E-state index in [1.807, 2.05) is 38.1 Å². The summed E-state index contributed by atoms with van der Waals surface area (Å²) in [6, 6.07) is 11.2. The summed E-state index contributed by atoms with van der Waals surface area (Å²) in [4.78, 5) is 26.1. The predicted molar refractivity (Wildman–Crippen MR) is 135 cm³/mol. The van der Waals surface area contributed by atoms with Crippen molar-refractivity contribution in [3.8, 4) is 11.5 Å². The van der Waals surface area contributed by atoms with Gasteiger partial charge in [-0.2, -0.15) is 0 Å². The van der Waals surface area contributed by atoms with E-state index in [1.54, 1.807) is 25.3 Å². The Bertz CT molecular complexity index is 1040. The first-order valence-corrected chi connectivity index (χ1v) is 11.8. The Morgan fingerprint density at radius 2 is 2.00 bits per heavy atom. The number of amides is 2. The number of nitrogens with one attached hydrogen (secondary N) is 1. The van der Waals surface area contributed by atoms with Gasteiger partial charge in [0.05, 0.1) is 24.2 Å². The molecule has 2 amide bonds. The minimum atomic E-state index is -0.259. The summed E-state index contributed by atoms with van der Waals surface area (Å²) in [6.07, 6.45) is 4.90. The Kier molecular flexibility index (Phi) is 8.96. The number of piperidine rings is 1. The number of anilines is 1. The minimum absolute atomic E-state index is 0.0446. The molecule has 1 unspecified atom stereocenters. The van der Waals surface area contributed by atoms with Crippen LogP contribution >= 0.6 is 11.6 Å². The molecule has 3 rings (SSSR count). The molecule has 0 aromatic heterocycles. The largest absolute Gasteiger partial charge is 0.493 e. The lowest BCUT2D eigenvalue weighted by atomic mass is 9.97. The van der Waals surface area contributed by atoms with Crippen molar-refractivity contribution in [2.45, 2.75) is 39.3 Å². The van der Waals surface area contributed by atoms with E-state index >= 15 is 0 Å². The molecule has 2 aromatic carbocycles. The maximum absolute atomic E-state index is 12.4. The Balaban J connectivity index is 1.58. The SMILES string of the molecule is COc1cc(/C=C/C(=O)Nc2ccc(CN3CCCC(C(N)=O)C3)cc2)cc(Cl)c1OC(C)C. The topological polar surface area (TPSA) is 93.9 Å². The third-order valence-corrected chi connectivity index (χ3v) is 5.85. The average Bonchev–Trinajstić information content (AvgIpc) is 2.80. The molecule has 182 valence electrons. The van der Waals surface area contributed by atoms with Crippen LogP contribution < -0.4 is 20.5 Å². The summed E-state index contributed by atoms with van der Waals surface area (Å²) in [6.45, 7) is 6.21. The van der Waals surface area contributed by atoms with Gasteiger partial charge in [0.25, 0.3) is 0 Å².